The number of nitro groups is 1. The van der Waals surface area contributed by atoms with E-state index in [1.807, 2.05) is 6.92 Å². The Hall–Kier alpha value is -2.90. The van der Waals surface area contributed by atoms with Gasteiger partial charge in [0.05, 0.1) is 16.2 Å². The average molecular weight is 304 g/mol. The molecule has 1 N–H and O–H groups in total. The first kappa shape index (κ1) is 15.5. The summed E-state index contributed by atoms with van der Waals surface area (Å²) in [6, 6.07) is 6.23. The Bertz CT molecular complexity index is 724. The number of carbonyl (C=O) groups is 1. The third-order valence-electron chi connectivity index (χ3n) is 3.08. The summed E-state index contributed by atoms with van der Waals surface area (Å²) < 4.78 is 6.91. The van der Waals surface area contributed by atoms with Crippen molar-refractivity contribution >= 4 is 17.4 Å². The molecule has 2 rings (SSSR count). The lowest BCUT2D eigenvalue weighted by molar-refractivity contribution is -0.385. The van der Waals surface area contributed by atoms with E-state index >= 15 is 0 Å². The molecule has 0 atom stereocenters. The zero-order valence-corrected chi connectivity index (χ0v) is 12.5. The fourth-order valence-corrected chi connectivity index (χ4v) is 2.01. The minimum Gasteiger partial charge on any atom is -0.483 e. The highest BCUT2D eigenvalue weighted by atomic mass is 16.6. The first-order valence-electron chi connectivity index (χ1n) is 6.56. The third kappa shape index (κ3) is 3.40. The van der Waals surface area contributed by atoms with Gasteiger partial charge in [0.2, 0.25) is 0 Å². The molecule has 116 valence electrons. The Morgan fingerprint density at radius 2 is 2.18 bits per heavy atom. The molecule has 0 aliphatic rings. The Morgan fingerprint density at radius 1 is 1.45 bits per heavy atom. The smallest absolute Gasteiger partial charge is 0.276 e. The molecule has 0 aliphatic carbocycles. The molecule has 1 aromatic heterocycles. The van der Waals surface area contributed by atoms with Crippen molar-refractivity contribution in [3.05, 3.63) is 45.6 Å². The lowest BCUT2D eigenvalue weighted by Gasteiger charge is -2.09. The average Bonchev–Trinajstić information content (AvgIpc) is 2.75. The molecule has 2 aromatic rings. The number of nitrogens with one attached hydrogen (secondary N) is 1. The van der Waals surface area contributed by atoms with Gasteiger partial charge in [-0.15, -0.1) is 0 Å². The molecule has 1 amide bonds. The van der Waals surface area contributed by atoms with Gasteiger partial charge in [0.15, 0.2) is 6.61 Å². The molecule has 0 spiro atoms. The van der Waals surface area contributed by atoms with E-state index in [0.29, 0.717) is 17.1 Å². The maximum absolute atomic E-state index is 11.9. The second-order valence-corrected chi connectivity index (χ2v) is 4.79. The molecule has 0 bridgehead atoms. The number of benzene rings is 1. The number of nitrogens with zero attached hydrogens (tertiary/aromatic N) is 3. The number of amides is 1. The molecule has 0 saturated carbocycles. The van der Waals surface area contributed by atoms with Crippen LogP contribution in [0.5, 0.6) is 5.75 Å². The lowest BCUT2D eigenvalue weighted by atomic mass is 10.2. The summed E-state index contributed by atoms with van der Waals surface area (Å²) in [4.78, 5) is 22.2. The van der Waals surface area contributed by atoms with E-state index in [1.54, 1.807) is 30.8 Å². The van der Waals surface area contributed by atoms with Crippen LogP contribution in [0.15, 0.2) is 24.3 Å². The first-order valence-corrected chi connectivity index (χ1v) is 6.56. The zero-order valence-electron chi connectivity index (χ0n) is 12.5. The van der Waals surface area contributed by atoms with Gasteiger partial charge in [0, 0.05) is 19.2 Å². The Balaban J connectivity index is 2.01. The number of carbonyl (C=O) groups excluding carboxylic acids is 1. The zero-order chi connectivity index (χ0) is 16.3. The van der Waals surface area contributed by atoms with Crippen LogP contribution in [-0.2, 0) is 11.8 Å². The fraction of sp³-hybridized carbons (Fsp3) is 0.286. The number of aromatic nitrogens is 2. The Morgan fingerprint density at radius 3 is 2.77 bits per heavy atom. The lowest BCUT2D eigenvalue weighted by Crippen LogP contribution is -2.21. The fourth-order valence-electron chi connectivity index (χ4n) is 2.01. The third-order valence-corrected chi connectivity index (χ3v) is 3.08. The van der Waals surface area contributed by atoms with E-state index in [1.165, 1.54) is 12.1 Å². The number of hydrogen-bond donors (Lipinski definition) is 1. The van der Waals surface area contributed by atoms with Gasteiger partial charge < -0.3 is 10.1 Å². The van der Waals surface area contributed by atoms with E-state index in [0.717, 1.165) is 5.69 Å². The summed E-state index contributed by atoms with van der Waals surface area (Å²) in [6.45, 7) is 3.15. The van der Waals surface area contributed by atoms with Gasteiger partial charge in [-0.05, 0) is 19.9 Å². The number of rotatable bonds is 5. The van der Waals surface area contributed by atoms with Crippen molar-refractivity contribution in [3.8, 4) is 5.75 Å². The highest BCUT2D eigenvalue weighted by Gasteiger charge is 2.15. The Kier molecular flexibility index (Phi) is 4.40. The van der Waals surface area contributed by atoms with Crippen LogP contribution >= 0.6 is 0 Å². The van der Waals surface area contributed by atoms with Crippen molar-refractivity contribution in [2.24, 2.45) is 7.05 Å². The monoisotopic (exact) mass is 304 g/mol. The van der Waals surface area contributed by atoms with Crippen molar-refractivity contribution in [1.29, 1.82) is 0 Å². The largest absolute Gasteiger partial charge is 0.483 e. The van der Waals surface area contributed by atoms with Gasteiger partial charge in [-0.2, -0.15) is 5.10 Å². The second kappa shape index (κ2) is 6.25. The van der Waals surface area contributed by atoms with Crippen molar-refractivity contribution < 1.29 is 14.5 Å². The van der Waals surface area contributed by atoms with Crippen LogP contribution in [-0.4, -0.2) is 27.2 Å². The minimum absolute atomic E-state index is 0.0415. The molecule has 0 aliphatic heterocycles. The number of ether oxygens (including phenoxy) is 1. The molecular formula is C14H16N4O4. The number of hydrogen-bond acceptors (Lipinski definition) is 5. The van der Waals surface area contributed by atoms with Crippen LogP contribution in [0, 0.1) is 24.0 Å². The summed E-state index contributed by atoms with van der Waals surface area (Å²) in [5.74, 6) is 0.501. The van der Waals surface area contributed by atoms with Gasteiger partial charge in [0.25, 0.3) is 11.6 Å². The summed E-state index contributed by atoms with van der Waals surface area (Å²) >= 11 is 0. The summed E-state index contributed by atoms with van der Waals surface area (Å²) in [7, 11) is 1.72. The second-order valence-electron chi connectivity index (χ2n) is 4.79. The van der Waals surface area contributed by atoms with Gasteiger partial charge in [0.1, 0.15) is 11.6 Å². The highest BCUT2D eigenvalue weighted by Crippen LogP contribution is 2.26. The summed E-state index contributed by atoms with van der Waals surface area (Å²) in [5, 5.41) is 17.6. The normalized spacial score (nSPS) is 10.3. The van der Waals surface area contributed by atoms with Gasteiger partial charge in [-0.3, -0.25) is 19.6 Å². The van der Waals surface area contributed by atoms with Crippen LogP contribution in [0.25, 0.3) is 0 Å². The summed E-state index contributed by atoms with van der Waals surface area (Å²) in [6.07, 6.45) is 0. The maximum atomic E-state index is 11.9. The molecular weight excluding hydrogens is 288 g/mol. The predicted molar refractivity (Wildman–Crippen MR) is 79.9 cm³/mol. The molecule has 0 unspecified atom stereocenters. The molecule has 0 fully saturated rings. The maximum Gasteiger partial charge on any atom is 0.276 e. The molecule has 8 nitrogen and oxygen atoms in total. The van der Waals surface area contributed by atoms with E-state index in [2.05, 4.69) is 10.4 Å². The van der Waals surface area contributed by atoms with Crippen molar-refractivity contribution in [2.45, 2.75) is 13.8 Å². The van der Waals surface area contributed by atoms with Crippen LogP contribution in [0.1, 0.15) is 11.3 Å². The van der Waals surface area contributed by atoms with Crippen LogP contribution in [0.4, 0.5) is 11.5 Å². The molecule has 0 saturated heterocycles. The molecule has 8 heteroatoms. The topological polar surface area (TPSA) is 99.3 Å². The molecule has 1 heterocycles. The van der Waals surface area contributed by atoms with E-state index in [4.69, 9.17) is 4.74 Å². The number of nitro benzene ring substituents is 1. The van der Waals surface area contributed by atoms with E-state index < -0.39 is 4.92 Å². The number of aryl methyl sites for hydroxylation is 2. The molecule has 0 radical (unpaired) electrons. The molecule has 1 aromatic carbocycles. The first-order chi connectivity index (χ1) is 10.4. The van der Waals surface area contributed by atoms with Gasteiger partial charge in [-0.25, -0.2) is 0 Å². The highest BCUT2D eigenvalue weighted by molar-refractivity contribution is 5.91. The van der Waals surface area contributed by atoms with E-state index in [9.17, 15) is 14.9 Å². The van der Waals surface area contributed by atoms with Crippen molar-refractivity contribution in [1.82, 2.24) is 9.78 Å². The minimum atomic E-state index is -0.485. The number of anilines is 1. The van der Waals surface area contributed by atoms with Crippen LogP contribution in [0.2, 0.25) is 0 Å². The van der Waals surface area contributed by atoms with Crippen molar-refractivity contribution in [2.75, 3.05) is 11.9 Å². The van der Waals surface area contributed by atoms with Gasteiger partial charge >= 0.3 is 0 Å². The van der Waals surface area contributed by atoms with Crippen LogP contribution in [0.3, 0.4) is 0 Å². The SMILES string of the molecule is Cc1cc(NC(=O)COc2cccc([N+](=O)[O-])c2C)n(C)n1. The predicted octanol–water partition coefficient (Wildman–Crippen LogP) is 1.96. The van der Waals surface area contributed by atoms with Crippen molar-refractivity contribution in [3.63, 3.8) is 0 Å². The Labute approximate surface area is 126 Å². The summed E-state index contributed by atoms with van der Waals surface area (Å²) in [5.41, 5.74) is 1.13. The molecule has 22 heavy (non-hydrogen) atoms. The van der Waals surface area contributed by atoms with E-state index in [-0.39, 0.29) is 18.2 Å². The van der Waals surface area contributed by atoms with Crippen LogP contribution < -0.4 is 10.1 Å². The standard InChI is InChI=1S/C14H16N4O4/c1-9-7-13(17(3)16-9)15-14(19)8-22-12-6-4-5-11(10(12)2)18(20)21/h4-7H,8H2,1-3H3,(H,15,19). The van der Waals surface area contributed by atoms with Gasteiger partial charge in [-0.1, -0.05) is 6.07 Å². The quantitative estimate of drug-likeness (QED) is 0.672.